The molecule has 0 saturated carbocycles. The SMILES string of the molecule is CN1CCN(CCCC2CN(/N=C\c3ccc(-c4ccc(Cl)cc4)o3)C(=O)O2)CC1.Cl.Cl. The lowest BCUT2D eigenvalue weighted by molar-refractivity contribution is 0.119. The molecule has 0 bridgehead atoms. The van der Waals surface area contributed by atoms with E-state index in [2.05, 4.69) is 21.9 Å². The molecule has 2 aromatic rings. The van der Waals surface area contributed by atoms with Gasteiger partial charge in [-0.3, -0.25) is 0 Å². The van der Waals surface area contributed by atoms with E-state index in [0.717, 1.165) is 56.9 Å². The number of piperazine rings is 1. The molecule has 2 aliphatic heterocycles. The maximum atomic E-state index is 12.1. The Morgan fingerprint density at radius 1 is 1.09 bits per heavy atom. The van der Waals surface area contributed by atoms with Crippen molar-refractivity contribution in [1.29, 1.82) is 0 Å². The van der Waals surface area contributed by atoms with Gasteiger partial charge in [0.25, 0.3) is 0 Å². The van der Waals surface area contributed by atoms with Gasteiger partial charge < -0.3 is 19.0 Å². The predicted octanol–water partition coefficient (Wildman–Crippen LogP) is 4.63. The minimum absolute atomic E-state index is 0. The van der Waals surface area contributed by atoms with Gasteiger partial charge in [-0.1, -0.05) is 11.6 Å². The second-order valence-corrected chi connectivity index (χ2v) is 8.26. The van der Waals surface area contributed by atoms with Gasteiger partial charge in [-0.05, 0) is 62.8 Å². The second kappa shape index (κ2) is 12.5. The van der Waals surface area contributed by atoms with Crippen LogP contribution < -0.4 is 0 Å². The average Bonchev–Trinajstić information content (AvgIpc) is 3.35. The molecule has 0 radical (unpaired) electrons. The van der Waals surface area contributed by atoms with Crippen LogP contribution >= 0.6 is 36.4 Å². The Labute approximate surface area is 206 Å². The maximum Gasteiger partial charge on any atom is 0.430 e. The zero-order chi connectivity index (χ0) is 20.9. The summed E-state index contributed by atoms with van der Waals surface area (Å²) >= 11 is 5.92. The highest BCUT2D eigenvalue weighted by Gasteiger charge is 2.31. The van der Waals surface area contributed by atoms with Gasteiger partial charge in [0.05, 0.1) is 12.8 Å². The lowest BCUT2D eigenvalue weighted by atomic mass is 10.2. The van der Waals surface area contributed by atoms with Crippen molar-refractivity contribution in [3.63, 3.8) is 0 Å². The molecule has 0 spiro atoms. The molecular formula is C22H29Cl3N4O3. The molecular weight excluding hydrogens is 475 g/mol. The fourth-order valence-corrected chi connectivity index (χ4v) is 3.81. The van der Waals surface area contributed by atoms with Crippen molar-refractivity contribution in [2.24, 2.45) is 5.10 Å². The van der Waals surface area contributed by atoms with Crippen LogP contribution in [-0.4, -0.2) is 79.5 Å². The fourth-order valence-electron chi connectivity index (χ4n) is 3.68. The Bertz CT molecular complexity index is 883. The molecule has 2 aliphatic rings. The Morgan fingerprint density at radius 2 is 1.81 bits per heavy atom. The number of hydrogen-bond donors (Lipinski definition) is 0. The van der Waals surface area contributed by atoms with E-state index in [1.807, 2.05) is 36.4 Å². The second-order valence-electron chi connectivity index (χ2n) is 7.83. The molecule has 1 unspecified atom stereocenters. The molecule has 4 rings (SSSR count). The molecule has 1 aromatic carbocycles. The number of halogens is 3. The molecule has 1 atom stereocenters. The van der Waals surface area contributed by atoms with Gasteiger partial charge in [-0.15, -0.1) is 24.8 Å². The molecule has 1 amide bonds. The molecule has 0 aliphatic carbocycles. The Hall–Kier alpha value is -1.77. The third kappa shape index (κ3) is 7.12. The van der Waals surface area contributed by atoms with Crippen molar-refractivity contribution in [2.45, 2.75) is 18.9 Å². The van der Waals surface area contributed by atoms with Crippen molar-refractivity contribution in [1.82, 2.24) is 14.8 Å². The highest BCUT2D eigenvalue weighted by molar-refractivity contribution is 6.30. The van der Waals surface area contributed by atoms with Crippen LogP contribution in [-0.2, 0) is 4.74 Å². The van der Waals surface area contributed by atoms with Gasteiger partial charge in [-0.2, -0.15) is 10.1 Å². The summed E-state index contributed by atoms with van der Waals surface area (Å²) in [6.07, 6.45) is 2.91. The van der Waals surface area contributed by atoms with Gasteiger partial charge in [0.2, 0.25) is 0 Å². The van der Waals surface area contributed by atoms with Gasteiger partial charge in [0.1, 0.15) is 17.6 Å². The summed E-state index contributed by atoms with van der Waals surface area (Å²) in [5.41, 5.74) is 0.931. The molecule has 1 aromatic heterocycles. The van der Waals surface area contributed by atoms with E-state index in [1.165, 1.54) is 5.01 Å². The molecule has 7 nitrogen and oxygen atoms in total. The van der Waals surface area contributed by atoms with Crippen LogP contribution in [0.5, 0.6) is 0 Å². The molecule has 2 saturated heterocycles. The van der Waals surface area contributed by atoms with Gasteiger partial charge in [0, 0.05) is 36.8 Å². The standard InChI is InChI=1S/C22H27ClN4O3.2ClH/c1-25-11-13-26(14-12-25)10-2-3-20-16-27(22(28)30-20)24-15-19-8-9-21(29-19)17-4-6-18(23)7-5-17;;/h4-9,15,20H,2-3,10-14,16H2,1H3;2*1H/b24-15-;;. The number of ether oxygens (including phenoxy) is 1. The van der Waals surface area contributed by atoms with Crippen LogP contribution in [0.2, 0.25) is 5.02 Å². The average molecular weight is 504 g/mol. The maximum absolute atomic E-state index is 12.1. The van der Waals surface area contributed by atoms with Gasteiger partial charge in [-0.25, -0.2) is 4.79 Å². The lowest BCUT2D eigenvalue weighted by Crippen LogP contribution is -2.44. The summed E-state index contributed by atoms with van der Waals surface area (Å²) in [6.45, 7) is 5.98. The lowest BCUT2D eigenvalue weighted by Gasteiger charge is -2.32. The first kappa shape index (κ1) is 26.5. The van der Waals surface area contributed by atoms with Crippen LogP contribution in [0.3, 0.4) is 0 Å². The highest BCUT2D eigenvalue weighted by atomic mass is 35.5. The first-order valence-corrected chi connectivity index (χ1v) is 10.7. The summed E-state index contributed by atoms with van der Waals surface area (Å²) < 4.78 is 11.2. The number of benzene rings is 1. The van der Waals surface area contributed by atoms with E-state index in [9.17, 15) is 4.79 Å². The number of cyclic esters (lactones) is 1. The summed E-state index contributed by atoms with van der Waals surface area (Å²) in [5, 5.41) is 6.30. The summed E-state index contributed by atoms with van der Waals surface area (Å²) in [7, 11) is 2.16. The number of carbonyl (C=O) groups is 1. The van der Waals surface area contributed by atoms with Crippen LogP contribution in [0.4, 0.5) is 4.79 Å². The number of likely N-dealkylation sites (N-methyl/N-ethyl adjacent to an activating group) is 1. The zero-order valence-electron chi connectivity index (χ0n) is 18.0. The van der Waals surface area contributed by atoms with Crippen molar-refractivity contribution in [2.75, 3.05) is 46.3 Å². The fraction of sp³-hybridized carbons (Fsp3) is 0.455. The molecule has 3 heterocycles. The number of hydrogen-bond acceptors (Lipinski definition) is 6. The molecule has 2 fully saturated rings. The minimum atomic E-state index is -0.402. The van der Waals surface area contributed by atoms with E-state index < -0.39 is 6.09 Å². The quantitative estimate of drug-likeness (QED) is 0.516. The summed E-state index contributed by atoms with van der Waals surface area (Å²) in [4.78, 5) is 16.9. The van der Waals surface area contributed by atoms with Crippen molar-refractivity contribution < 1.29 is 13.9 Å². The third-order valence-electron chi connectivity index (χ3n) is 5.53. The number of furan rings is 1. The zero-order valence-corrected chi connectivity index (χ0v) is 20.4. The predicted molar refractivity (Wildman–Crippen MR) is 131 cm³/mol. The van der Waals surface area contributed by atoms with Crippen LogP contribution in [0.1, 0.15) is 18.6 Å². The molecule has 0 N–H and O–H groups in total. The van der Waals surface area contributed by atoms with E-state index in [4.69, 9.17) is 20.8 Å². The molecule has 32 heavy (non-hydrogen) atoms. The van der Waals surface area contributed by atoms with E-state index in [0.29, 0.717) is 17.3 Å². The third-order valence-corrected chi connectivity index (χ3v) is 5.78. The monoisotopic (exact) mass is 502 g/mol. The number of nitrogens with zero attached hydrogens (tertiary/aromatic N) is 4. The normalized spacial score (nSPS) is 19.6. The molecule has 10 heteroatoms. The first-order valence-electron chi connectivity index (χ1n) is 10.4. The van der Waals surface area contributed by atoms with E-state index in [-0.39, 0.29) is 30.9 Å². The summed E-state index contributed by atoms with van der Waals surface area (Å²) in [6, 6.07) is 11.1. The Morgan fingerprint density at radius 3 is 2.53 bits per heavy atom. The minimum Gasteiger partial charge on any atom is -0.455 e. The number of rotatable bonds is 7. The highest BCUT2D eigenvalue weighted by Crippen LogP contribution is 2.23. The number of carbonyl (C=O) groups excluding carboxylic acids is 1. The smallest absolute Gasteiger partial charge is 0.430 e. The van der Waals surface area contributed by atoms with Crippen LogP contribution in [0.25, 0.3) is 11.3 Å². The van der Waals surface area contributed by atoms with Crippen molar-refractivity contribution in [3.05, 3.63) is 47.2 Å². The topological polar surface area (TPSA) is 61.5 Å². The van der Waals surface area contributed by atoms with Crippen LogP contribution in [0, 0.1) is 0 Å². The Balaban J connectivity index is 0.00000181. The van der Waals surface area contributed by atoms with Crippen molar-refractivity contribution >= 4 is 48.7 Å². The van der Waals surface area contributed by atoms with Gasteiger partial charge in [0.15, 0.2) is 0 Å². The van der Waals surface area contributed by atoms with Crippen LogP contribution in [0.15, 0.2) is 45.9 Å². The Kier molecular flexibility index (Phi) is 10.3. The van der Waals surface area contributed by atoms with Gasteiger partial charge >= 0.3 is 6.09 Å². The number of amides is 1. The molecule has 176 valence electrons. The van der Waals surface area contributed by atoms with Crippen molar-refractivity contribution in [3.8, 4) is 11.3 Å². The first-order chi connectivity index (χ1) is 14.6. The summed E-state index contributed by atoms with van der Waals surface area (Å²) in [5.74, 6) is 1.30. The number of hydrazone groups is 1. The largest absolute Gasteiger partial charge is 0.455 e. The van der Waals surface area contributed by atoms with E-state index in [1.54, 1.807) is 6.21 Å². The van der Waals surface area contributed by atoms with E-state index >= 15 is 0 Å².